The van der Waals surface area contributed by atoms with Crippen molar-refractivity contribution < 1.29 is 4.74 Å². The fraction of sp³-hybridized carbons (Fsp3) is 0.708. The van der Waals surface area contributed by atoms with E-state index in [0.717, 1.165) is 36.8 Å². The highest BCUT2D eigenvalue weighted by atomic mass is 16.5. The number of nitrogens with zero attached hydrogens (tertiary/aromatic N) is 2. The Morgan fingerprint density at radius 1 is 1.03 bits per heavy atom. The number of nitrogens with one attached hydrogen (secondary N) is 2. The highest BCUT2D eigenvalue weighted by Crippen LogP contribution is 2.30. The fourth-order valence-corrected chi connectivity index (χ4v) is 4.70. The molecule has 0 bridgehead atoms. The first-order chi connectivity index (χ1) is 14.3. The van der Waals surface area contributed by atoms with Crippen LogP contribution >= 0.6 is 0 Å². The predicted molar refractivity (Wildman–Crippen MR) is 119 cm³/mol. The molecule has 160 valence electrons. The van der Waals surface area contributed by atoms with Gasteiger partial charge in [0, 0.05) is 44.3 Å². The van der Waals surface area contributed by atoms with Gasteiger partial charge in [-0.05, 0) is 50.5 Å². The van der Waals surface area contributed by atoms with Crippen molar-refractivity contribution in [3.8, 4) is 5.75 Å². The van der Waals surface area contributed by atoms with Crippen LogP contribution in [-0.2, 0) is 6.54 Å². The van der Waals surface area contributed by atoms with E-state index in [2.05, 4.69) is 44.8 Å². The third-order valence-electron chi connectivity index (χ3n) is 6.78. The summed E-state index contributed by atoms with van der Waals surface area (Å²) in [5.41, 5.74) is 1.20. The molecule has 0 spiro atoms. The van der Waals surface area contributed by atoms with Crippen LogP contribution in [0, 0.1) is 5.92 Å². The van der Waals surface area contributed by atoms with Gasteiger partial charge in [0.25, 0.3) is 0 Å². The molecule has 2 saturated carbocycles. The smallest absolute Gasteiger partial charge is 0.191 e. The Bertz CT molecular complexity index is 659. The standard InChI is InChI=1S/C24H38N4O/c1-25-24(26-17-20-7-5-6-10-23(20)29-18-19-11-12-19)27-21-13-15-28(16-14-21)22-8-3-2-4-9-22/h5-7,10,19,21-22H,2-4,8-9,11-18H2,1H3,(H2,25,26,27). The van der Waals surface area contributed by atoms with Crippen molar-refractivity contribution in [1.82, 2.24) is 15.5 Å². The van der Waals surface area contributed by atoms with Gasteiger partial charge in [0.2, 0.25) is 0 Å². The number of likely N-dealkylation sites (tertiary alicyclic amines) is 1. The summed E-state index contributed by atoms with van der Waals surface area (Å²) in [6.07, 6.45) is 12.1. The van der Waals surface area contributed by atoms with Crippen molar-refractivity contribution in [2.75, 3.05) is 26.7 Å². The second kappa shape index (κ2) is 10.3. The number of hydrogen-bond donors (Lipinski definition) is 2. The summed E-state index contributed by atoms with van der Waals surface area (Å²) in [6.45, 7) is 4.03. The van der Waals surface area contributed by atoms with E-state index in [-0.39, 0.29) is 0 Å². The summed E-state index contributed by atoms with van der Waals surface area (Å²) in [7, 11) is 1.86. The second-order valence-corrected chi connectivity index (χ2v) is 9.03. The van der Waals surface area contributed by atoms with E-state index in [4.69, 9.17) is 4.74 Å². The third-order valence-corrected chi connectivity index (χ3v) is 6.78. The van der Waals surface area contributed by atoms with Crippen LogP contribution in [0.3, 0.4) is 0 Å². The van der Waals surface area contributed by atoms with E-state index in [1.807, 2.05) is 7.05 Å². The Morgan fingerprint density at radius 2 is 1.79 bits per heavy atom. The lowest BCUT2D eigenvalue weighted by Gasteiger charge is -2.39. The monoisotopic (exact) mass is 398 g/mol. The normalized spacial score (nSPS) is 22.4. The molecule has 3 fully saturated rings. The molecule has 0 amide bonds. The first-order valence-corrected chi connectivity index (χ1v) is 11.7. The molecule has 0 unspecified atom stereocenters. The average Bonchev–Trinajstić information content (AvgIpc) is 3.61. The van der Waals surface area contributed by atoms with Gasteiger partial charge in [0.05, 0.1) is 6.61 Å². The molecule has 1 heterocycles. The number of hydrogen-bond acceptors (Lipinski definition) is 3. The summed E-state index contributed by atoms with van der Waals surface area (Å²) in [5.74, 6) is 2.67. The van der Waals surface area contributed by atoms with E-state index in [1.165, 1.54) is 76.4 Å². The Labute approximate surface area is 176 Å². The average molecular weight is 399 g/mol. The van der Waals surface area contributed by atoms with Crippen molar-refractivity contribution >= 4 is 5.96 Å². The van der Waals surface area contributed by atoms with Crippen molar-refractivity contribution in [2.45, 2.75) is 76.4 Å². The number of benzene rings is 1. The minimum atomic E-state index is 0.516. The number of aliphatic imine (C=N–C) groups is 1. The summed E-state index contributed by atoms with van der Waals surface area (Å²) >= 11 is 0. The van der Waals surface area contributed by atoms with Crippen molar-refractivity contribution in [1.29, 1.82) is 0 Å². The Hall–Kier alpha value is -1.75. The van der Waals surface area contributed by atoms with Gasteiger partial charge in [-0.3, -0.25) is 4.99 Å². The zero-order valence-corrected chi connectivity index (χ0v) is 18.0. The molecular formula is C24H38N4O. The number of piperidine rings is 1. The molecule has 2 N–H and O–H groups in total. The van der Waals surface area contributed by atoms with Gasteiger partial charge in [-0.1, -0.05) is 37.5 Å². The van der Waals surface area contributed by atoms with Gasteiger partial charge in [-0.2, -0.15) is 0 Å². The Morgan fingerprint density at radius 3 is 2.52 bits per heavy atom. The van der Waals surface area contributed by atoms with Gasteiger partial charge in [-0.15, -0.1) is 0 Å². The van der Waals surface area contributed by atoms with Crippen LogP contribution in [0.2, 0.25) is 0 Å². The maximum absolute atomic E-state index is 6.04. The van der Waals surface area contributed by atoms with E-state index < -0.39 is 0 Å². The quantitative estimate of drug-likeness (QED) is 0.540. The van der Waals surface area contributed by atoms with Crippen LogP contribution in [0.4, 0.5) is 0 Å². The van der Waals surface area contributed by atoms with E-state index in [1.54, 1.807) is 0 Å². The van der Waals surface area contributed by atoms with Crippen LogP contribution in [0.5, 0.6) is 5.75 Å². The topological polar surface area (TPSA) is 48.9 Å². The van der Waals surface area contributed by atoms with Crippen molar-refractivity contribution in [2.24, 2.45) is 10.9 Å². The first kappa shape index (κ1) is 20.5. The fourth-order valence-electron chi connectivity index (χ4n) is 4.70. The molecule has 4 rings (SSSR count). The largest absolute Gasteiger partial charge is 0.493 e. The molecule has 1 aromatic rings. The molecule has 1 aliphatic heterocycles. The lowest BCUT2D eigenvalue weighted by atomic mass is 9.92. The highest BCUT2D eigenvalue weighted by Gasteiger charge is 2.26. The molecule has 5 nitrogen and oxygen atoms in total. The second-order valence-electron chi connectivity index (χ2n) is 9.03. The zero-order valence-electron chi connectivity index (χ0n) is 18.0. The lowest BCUT2D eigenvalue weighted by molar-refractivity contribution is 0.119. The number of para-hydroxylation sites is 1. The molecule has 29 heavy (non-hydrogen) atoms. The van der Waals surface area contributed by atoms with Gasteiger partial charge in [0.1, 0.15) is 5.75 Å². The lowest BCUT2D eigenvalue weighted by Crippen LogP contribution is -2.50. The molecule has 0 radical (unpaired) electrons. The molecule has 5 heteroatoms. The first-order valence-electron chi connectivity index (χ1n) is 11.7. The minimum absolute atomic E-state index is 0.516. The molecule has 1 aromatic carbocycles. The summed E-state index contributed by atoms with van der Waals surface area (Å²) in [5, 5.41) is 7.15. The maximum Gasteiger partial charge on any atom is 0.191 e. The molecule has 3 aliphatic rings. The van der Waals surface area contributed by atoms with Crippen LogP contribution in [0.1, 0.15) is 63.4 Å². The minimum Gasteiger partial charge on any atom is -0.493 e. The Balaban J connectivity index is 1.22. The third kappa shape index (κ3) is 6.11. The SMILES string of the molecule is CN=C(NCc1ccccc1OCC1CC1)NC1CCN(C2CCCCC2)CC1. The van der Waals surface area contributed by atoms with Gasteiger partial charge < -0.3 is 20.3 Å². The highest BCUT2D eigenvalue weighted by molar-refractivity contribution is 5.80. The molecule has 1 saturated heterocycles. The van der Waals surface area contributed by atoms with Gasteiger partial charge in [-0.25, -0.2) is 0 Å². The Kier molecular flexibility index (Phi) is 7.31. The number of ether oxygens (including phenoxy) is 1. The zero-order chi connectivity index (χ0) is 19.9. The van der Waals surface area contributed by atoms with Crippen LogP contribution in [-0.4, -0.2) is 49.7 Å². The summed E-state index contributed by atoms with van der Waals surface area (Å²) in [6, 6.07) is 9.72. The molecule has 0 atom stereocenters. The van der Waals surface area contributed by atoms with E-state index in [9.17, 15) is 0 Å². The maximum atomic E-state index is 6.04. The predicted octanol–water partition coefficient (Wildman–Crippen LogP) is 3.94. The summed E-state index contributed by atoms with van der Waals surface area (Å²) in [4.78, 5) is 7.20. The summed E-state index contributed by atoms with van der Waals surface area (Å²) < 4.78 is 6.04. The molecule has 2 aliphatic carbocycles. The van der Waals surface area contributed by atoms with Crippen LogP contribution in [0.15, 0.2) is 29.3 Å². The molecular weight excluding hydrogens is 360 g/mol. The number of guanidine groups is 1. The van der Waals surface area contributed by atoms with Crippen LogP contribution < -0.4 is 15.4 Å². The van der Waals surface area contributed by atoms with Crippen LogP contribution in [0.25, 0.3) is 0 Å². The van der Waals surface area contributed by atoms with E-state index >= 15 is 0 Å². The van der Waals surface area contributed by atoms with Crippen molar-refractivity contribution in [3.05, 3.63) is 29.8 Å². The number of rotatable bonds is 7. The van der Waals surface area contributed by atoms with Gasteiger partial charge >= 0.3 is 0 Å². The van der Waals surface area contributed by atoms with Crippen molar-refractivity contribution in [3.63, 3.8) is 0 Å². The van der Waals surface area contributed by atoms with Gasteiger partial charge in [0.15, 0.2) is 5.96 Å². The molecule has 0 aromatic heterocycles. The van der Waals surface area contributed by atoms with E-state index in [0.29, 0.717) is 6.04 Å².